The number of nitrogens with one attached hydrogen (secondary N) is 1. The Bertz CT molecular complexity index is 460. The minimum Gasteiger partial charge on any atom is -0.492 e. The third kappa shape index (κ3) is 5.27. The molecule has 0 bridgehead atoms. The van der Waals surface area contributed by atoms with E-state index in [9.17, 15) is 4.79 Å². The molecule has 1 fully saturated rings. The largest absolute Gasteiger partial charge is 0.492 e. The average molecular weight is 309 g/mol. The van der Waals surface area contributed by atoms with Crippen molar-refractivity contribution in [3.8, 4) is 5.75 Å². The van der Waals surface area contributed by atoms with Crippen molar-refractivity contribution in [1.82, 2.24) is 10.4 Å². The molecule has 2 rings (SSSR count). The van der Waals surface area contributed by atoms with E-state index in [4.69, 9.17) is 20.4 Å². The summed E-state index contributed by atoms with van der Waals surface area (Å²) in [5.74, 6) is 0.197. The fraction of sp³-hybridized carbons (Fsp3) is 0.533. The highest BCUT2D eigenvalue weighted by Crippen LogP contribution is 2.13. The number of hydrogen-bond donors (Lipinski definition) is 3. The van der Waals surface area contributed by atoms with Crippen LogP contribution in [0.1, 0.15) is 5.56 Å². The molecule has 7 nitrogen and oxygen atoms in total. The van der Waals surface area contributed by atoms with Crippen LogP contribution in [0.3, 0.4) is 0 Å². The number of carbonyl (C=O) groups is 1. The molecule has 1 amide bonds. The fourth-order valence-corrected chi connectivity index (χ4v) is 2.27. The van der Waals surface area contributed by atoms with E-state index in [-0.39, 0.29) is 0 Å². The van der Waals surface area contributed by atoms with Gasteiger partial charge in [-0.15, -0.1) is 0 Å². The third-order valence-corrected chi connectivity index (χ3v) is 3.61. The van der Waals surface area contributed by atoms with E-state index in [2.05, 4.69) is 4.90 Å². The molecule has 1 aromatic rings. The molecule has 0 aromatic heterocycles. The van der Waals surface area contributed by atoms with Gasteiger partial charge in [0.2, 0.25) is 0 Å². The van der Waals surface area contributed by atoms with Gasteiger partial charge in [-0.1, -0.05) is 12.1 Å². The summed E-state index contributed by atoms with van der Waals surface area (Å²) in [6.07, 6.45) is 0.362. The fourth-order valence-electron chi connectivity index (χ4n) is 2.27. The number of nitrogens with two attached hydrogens (primary N) is 1. The van der Waals surface area contributed by atoms with Crippen LogP contribution in [0.4, 0.5) is 0 Å². The third-order valence-electron chi connectivity index (χ3n) is 3.61. The number of carbonyl (C=O) groups excluding carboxylic acids is 1. The Morgan fingerprint density at radius 2 is 2.05 bits per heavy atom. The van der Waals surface area contributed by atoms with Gasteiger partial charge in [0, 0.05) is 19.6 Å². The first-order valence-corrected chi connectivity index (χ1v) is 7.40. The van der Waals surface area contributed by atoms with Gasteiger partial charge in [0.25, 0.3) is 5.91 Å². The van der Waals surface area contributed by atoms with Crippen LogP contribution in [0.25, 0.3) is 0 Å². The number of rotatable bonds is 7. The van der Waals surface area contributed by atoms with Crippen LogP contribution in [-0.4, -0.2) is 61.5 Å². The van der Waals surface area contributed by atoms with Gasteiger partial charge >= 0.3 is 0 Å². The summed E-state index contributed by atoms with van der Waals surface area (Å²) in [4.78, 5) is 13.5. The SMILES string of the molecule is N[C@@H](Cc1ccc(OCCN2CCOCC2)cc1)C(=O)NO. The van der Waals surface area contributed by atoms with Crippen molar-refractivity contribution in [3.05, 3.63) is 29.8 Å². The van der Waals surface area contributed by atoms with Gasteiger partial charge < -0.3 is 15.2 Å². The monoisotopic (exact) mass is 309 g/mol. The zero-order valence-corrected chi connectivity index (χ0v) is 12.5. The molecule has 0 spiro atoms. The number of hydrogen-bond acceptors (Lipinski definition) is 6. The smallest absolute Gasteiger partial charge is 0.260 e. The quantitative estimate of drug-likeness (QED) is 0.476. The topological polar surface area (TPSA) is 97.0 Å². The van der Waals surface area contributed by atoms with Gasteiger partial charge in [0.1, 0.15) is 12.4 Å². The maximum Gasteiger partial charge on any atom is 0.260 e. The second-order valence-corrected chi connectivity index (χ2v) is 5.23. The number of benzene rings is 1. The molecule has 0 saturated carbocycles. The molecule has 7 heteroatoms. The standard InChI is InChI=1S/C15H23N3O4/c16-14(15(19)17-20)11-12-1-3-13(4-2-12)22-10-7-18-5-8-21-9-6-18/h1-4,14,20H,5-11,16H2,(H,17,19)/t14-/m0/s1. The minimum atomic E-state index is -0.766. The molecule has 1 aromatic carbocycles. The predicted octanol–water partition coefficient (Wildman–Crippen LogP) is -0.227. The lowest BCUT2D eigenvalue weighted by molar-refractivity contribution is -0.130. The van der Waals surface area contributed by atoms with Crippen LogP contribution in [-0.2, 0) is 16.0 Å². The second-order valence-electron chi connectivity index (χ2n) is 5.23. The van der Waals surface area contributed by atoms with Gasteiger partial charge in [0.05, 0.1) is 19.3 Å². The van der Waals surface area contributed by atoms with Crippen LogP contribution >= 0.6 is 0 Å². The molecule has 1 heterocycles. The lowest BCUT2D eigenvalue weighted by Crippen LogP contribution is -2.40. The van der Waals surface area contributed by atoms with Crippen molar-refractivity contribution in [1.29, 1.82) is 0 Å². The van der Waals surface area contributed by atoms with E-state index >= 15 is 0 Å². The second kappa shape index (κ2) is 8.70. The lowest BCUT2D eigenvalue weighted by Gasteiger charge is -2.26. The number of morpholine rings is 1. The molecule has 0 radical (unpaired) electrons. The van der Waals surface area contributed by atoms with E-state index in [0.29, 0.717) is 13.0 Å². The zero-order valence-electron chi connectivity index (χ0n) is 12.5. The van der Waals surface area contributed by atoms with Crippen LogP contribution < -0.4 is 16.0 Å². The molecule has 1 aliphatic rings. The Morgan fingerprint density at radius 3 is 2.68 bits per heavy atom. The summed E-state index contributed by atoms with van der Waals surface area (Å²) in [6, 6.07) is 6.69. The Labute approximate surface area is 129 Å². The first kappa shape index (κ1) is 16.7. The van der Waals surface area contributed by atoms with E-state index in [1.165, 1.54) is 0 Å². The van der Waals surface area contributed by atoms with Crippen LogP contribution in [0, 0.1) is 0 Å². The lowest BCUT2D eigenvalue weighted by atomic mass is 10.1. The van der Waals surface area contributed by atoms with Gasteiger partial charge in [-0.05, 0) is 24.1 Å². The van der Waals surface area contributed by atoms with Gasteiger partial charge in [-0.25, -0.2) is 5.48 Å². The highest BCUT2D eigenvalue weighted by Gasteiger charge is 2.13. The molecule has 1 saturated heterocycles. The van der Waals surface area contributed by atoms with E-state index in [1.807, 2.05) is 24.3 Å². The molecule has 22 heavy (non-hydrogen) atoms. The zero-order chi connectivity index (χ0) is 15.8. The highest BCUT2D eigenvalue weighted by molar-refractivity contribution is 5.80. The number of amides is 1. The molecule has 1 atom stereocenters. The Kier molecular flexibility index (Phi) is 6.60. The molecular formula is C15H23N3O4. The maximum absolute atomic E-state index is 11.2. The molecule has 122 valence electrons. The molecule has 0 aliphatic carbocycles. The number of nitrogens with zero attached hydrogens (tertiary/aromatic N) is 1. The predicted molar refractivity (Wildman–Crippen MR) is 80.8 cm³/mol. The average Bonchev–Trinajstić information content (AvgIpc) is 2.56. The first-order valence-electron chi connectivity index (χ1n) is 7.40. The Hall–Kier alpha value is -1.67. The van der Waals surface area contributed by atoms with Crippen LogP contribution in [0.15, 0.2) is 24.3 Å². The summed E-state index contributed by atoms with van der Waals surface area (Å²) in [5.41, 5.74) is 8.11. The van der Waals surface area contributed by atoms with E-state index in [0.717, 1.165) is 44.2 Å². The number of hydroxylamine groups is 1. The van der Waals surface area contributed by atoms with Crippen molar-refractivity contribution in [2.75, 3.05) is 39.5 Å². The van der Waals surface area contributed by atoms with Gasteiger partial charge in [0.15, 0.2) is 0 Å². The minimum absolute atomic E-state index is 0.362. The van der Waals surface area contributed by atoms with Crippen molar-refractivity contribution in [2.24, 2.45) is 5.73 Å². The molecule has 1 aliphatic heterocycles. The normalized spacial score (nSPS) is 17.0. The summed E-state index contributed by atoms with van der Waals surface area (Å²) < 4.78 is 11.0. The Balaban J connectivity index is 1.73. The maximum atomic E-state index is 11.2. The summed E-state index contributed by atoms with van der Waals surface area (Å²) in [5, 5.41) is 8.52. The first-order chi connectivity index (χ1) is 10.7. The van der Waals surface area contributed by atoms with Crippen molar-refractivity contribution in [2.45, 2.75) is 12.5 Å². The van der Waals surface area contributed by atoms with E-state index < -0.39 is 11.9 Å². The summed E-state index contributed by atoms with van der Waals surface area (Å²) in [6.45, 7) is 4.99. The summed E-state index contributed by atoms with van der Waals surface area (Å²) >= 11 is 0. The summed E-state index contributed by atoms with van der Waals surface area (Å²) in [7, 11) is 0. The highest BCUT2D eigenvalue weighted by atomic mass is 16.5. The van der Waals surface area contributed by atoms with Crippen molar-refractivity contribution in [3.63, 3.8) is 0 Å². The van der Waals surface area contributed by atoms with Crippen LogP contribution in [0.2, 0.25) is 0 Å². The molecule has 0 unspecified atom stereocenters. The number of ether oxygens (including phenoxy) is 2. The van der Waals surface area contributed by atoms with Crippen molar-refractivity contribution < 1.29 is 19.5 Å². The van der Waals surface area contributed by atoms with Crippen LogP contribution in [0.5, 0.6) is 5.75 Å². The molecule has 4 N–H and O–H groups in total. The van der Waals surface area contributed by atoms with Gasteiger partial charge in [-0.3, -0.25) is 14.9 Å². The van der Waals surface area contributed by atoms with Gasteiger partial charge in [-0.2, -0.15) is 0 Å². The van der Waals surface area contributed by atoms with Crippen molar-refractivity contribution >= 4 is 5.91 Å². The molecular weight excluding hydrogens is 286 g/mol. The van der Waals surface area contributed by atoms with E-state index in [1.54, 1.807) is 5.48 Å². The Morgan fingerprint density at radius 1 is 1.36 bits per heavy atom.